The van der Waals surface area contributed by atoms with Crippen LogP contribution in [-0.2, 0) is 16.1 Å². The summed E-state index contributed by atoms with van der Waals surface area (Å²) in [6.07, 6.45) is 2.22. The Morgan fingerprint density at radius 1 is 1.30 bits per heavy atom. The summed E-state index contributed by atoms with van der Waals surface area (Å²) < 4.78 is 5.18. The zero-order valence-corrected chi connectivity index (χ0v) is 12.9. The molecule has 0 aliphatic carbocycles. The van der Waals surface area contributed by atoms with E-state index in [9.17, 15) is 9.59 Å². The van der Waals surface area contributed by atoms with Gasteiger partial charge in [0, 0.05) is 0 Å². The third-order valence-electron chi connectivity index (χ3n) is 3.84. The van der Waals surface area contributed by atoms with Crippen LogP contribution in [0.3, 0.4) is 0 Å². The van der Waals surface area contributed by atoms with Crippen molar-refractivity contribution in [1.82, 2.24) is 5.32 Å². The van der Waals surface area contributed by atoms with Gasteiger partial charge in [0.25, 0.3) is 0 Å². The number of furan rings is 1. The molecule has 120 valence electrons. The number of para-hydroxylation sites is 2. The summed E-state index contributed by atoms with van der Waals surface area (Å²) in [4.78, 5) is 26.3. The van der Waals surface area contributed by atoms with Gasteiger partial charge in [-0.2, -0.15) is 0 Å². The number of anilines is 2. The van der Waals surface area contributed by atoms with Gasteiger partial charge < -0.3 is 15.1 Å². The Labute approximate surface area is 134 Å². The minimum absolute atomic E-state index is 0.00522. The topological polar surface area (TPSA) is 74.6 Å². The molecule has 3 rings (SSSR count). The van der Waals surface area contributed by atoms with Crippen LogP contribution in [0.5, 0.6) is 0 Å². The van der Waals surface area contributed by atoms with Crippen LogP contribution in [-0.4, -0.2) is 24.4 Å². The highest BCUT2D eigenvalue weighted by atomic mass is 16.3. The van der Waals surface area contributed by atoms with Gasteiger partial charge in [0.1, 0.15) is 18.3 Å². The van der Waals surface area contributed by atoms with Crippen molar-refractivity contribution in [2.24, 2.45) is 0 Å². The van der Waals surface area contributed by atoms with E-state index in [0.717, 1.165) is 11.4 Å². The number of carbonyl (C=O) groups is 2. The SMILES string of the molecule is CCC1Nc2ccccc2N(CC(=O)NCc2ccco2)C1=O. The molecule has 1 aromatic carbocycles. The van der Waals surface area contributed by atoms with E-state index in [-0.39, 0.29) is 24.4 Å². The second-order valence-electron chi connectivity index (χ2n) is 5.40. The third-order valence-corrected chi connectivity index (χ3v) is 3.84. The molecule has 0 saturated carbocycles. The summed E-state index contributed by atoms with van der Waals surface area (Å²) in [7, 11) is 0. The number of hydrogen-bond acceptors (Lipinski definition) is 4. The Balaban J connectivity index is 1.72. The Morgan fingerprint density at radius 3 is 2.87 bits per heavy atom. The molecule has 6 nitrogen and oxygen atoms in total. The summed E-state index contributed by atoms with van der Waals surface area (Å²) in [6.45, 7) is 2.25. The van der Waals surface area contributed by atoms with Gasteiger partial charge in [-0.25, -0.2) is 0 Å². The second kappa shape index (κ2) is 6.56. The van der Waals surface area contributed by atoms with Gasteiger partial charge in [0.05, 0.1) is 24.2 Å². The van der Waals surface area contributed by atoms with E-state index in [1.54, 1.807) is 18.4 Å². The fraction of sp³-hybridized carbons (Fsp3) is 0.294. The predicted octanol–water partition coefficient (Wildman–Crippen LogP) is 2.13. The maximum atomic E-state index is 12.6. The van der Waals surface area contributed by atoms with Gasteiger partial charge in [0.2, 0.25) is 11.8 Å². The van der Waals surface area contributed by atoms with Crippen LogP contribution in [0.2, 0.25) is 0 Å². The van der Waals surface area contributed by atoms with Crippen LogP contribution >= 0.6 is 0 Å². The largest absolute Gasteiger partial charge is 0.467 e. The minimum Gasteiger partial charge on any atom is -0.467 e. The lowest BCUT2D eigenvalue weighted by molar-refractivity contribution is -0.124. The fourth-order valence-electron chi connectivity index (χ4n) is 2.63. The normalized spacial score (nSPS) is 16.7. The first-order valence-corrected chi connectivity index (χ1v) is 7.65. The number of nitrogens with zero attached hydrogens (tertiary/aromatic N) is 1. The van der Waals surface area contributed by atoms with Crippen LogP contribution in [0.1, 0.15) is 19.1 Å². The summed E-state index contributed by atoms with van der Waals surface area (Å²) in [5, 5.41) is 5.99. The van der Waals surface area contributed by atoms with Crippen LogP contribution < -0.4 is 15.5 Å². The van der Waals surface area contributed by atoms with Crippen LogP contribution in [0, 0.1) is 0 Å². The van der Waals surface area contributed by atoms with Crippen molar-refractivity contribution in [1.29, 1.82) is 0 Å². The quantitative estimate of drug-likeness (QED) is 0.887. The van der Waals surface area contributed by atoms with Crippen LogP contribution in [0.15, 0.2) is 47.1 Å². The molecular weight excluding hydrogens is 294 g/mol. The van der Waals surface area contributed by atoms with Crippen molar-refractivity contribution in [3.63, 3.8) is 0 Å². The number of amides is 2. The molecular formula is C17H19N3O3. The molecule has 1 atom stereocenters. The number of rotatable bonds is 5. The first-order valence-electron chi connectivity index (χ1n) is 7.65. The Hall–Kier alpha value is -2.76. The standard InChI is InChI=1S/C17H19N3O3/c1-2-13-17(22)20(15-8-4-3-7-14(15)19-13)11-16(21)18-10-12-6-5-9-23-12/h3-9,13,19H,2,10-11H2,1H3,(H,18,21). The van der Waals surface area contributed by atoms with E-state index in [4.69, 9.17) is 4.42 Å². The molecule has 2 amide bonds. The summed E-state index contributed by atoms with van der Waals surface area (Å²) in [5.74, 6) is 0.373. The smallest absolute Gasteiger partial charge is 0.250 e. The molecule has 2 heterocycles. The number of carbonyl (C=O) groups excluding carboxylic acids is 2. The molecule has 23 heavy (non-hydrogen) atoms. The van der Waals surface area contributed by atoms with E-state index in [0.29, 0.717) is 18.7 Å². The van der Waals surface area contributed by atoms with E-state index >= 15 is 0 Å². The maximum absolute atomic E-state index is 12.6. The molecule has 0 bridgehead atoms. The van der Waals surface area contributed by atoms with E-state index in [1.807, 2.05) is 31.2 Å². The Kier molecular flexibility index (Phi) is 4.32. The van der Waals surface area contributed by atoms with Gasteiger partial charge in [0.15, 0.2) is 0 Å². The van der Waals surface area contributed by atoms with Gasteiger partial charge in [-0.3, -0.25) is 14.5 Å². The molecule has 0 saturated heterocycles. The first-order chi connectivity index (χ1) is 11.2. The zero-order chi connectivity index (χ0) is 16.2. The van der Waals surface area contributed by atoms with Gasteiger partial charge in [-0.05, 0) is 30.7 Å². The highest BCUT2D eigenvalue weighted by molar-refractivity contribution is 6.07. The van der Waals surface area contributed by atoms with E-state index in [1.165, 1.54) is 4.90 Å². The van der Waals surface area contributed by atoms with Crippen molar-refractivity contribution < 1.29 is 14.0 Å². The van der Waals surface area contributed by atoms with Crippen LogP contribution in [0.4, 0.5) is 11.4 Å². The Bertz CT molecular complexity index is 697. The van der Waals surface area contributed by atoms with Crippen molar-refractivity contribution in [3.05, 3.63) is 48.4 Å². The lowest BCUT2D eigenvalue weighted by atomic mass is 10.1. The molecule has 0 spiro atoms. The average Bonchev–Trinajstić information content (AvgIpc) is 3.09. The number of hydrogen-bond donors (Lipinski definition) is 2. The van der Waals surface area contributed by atoms with E-state index in [2.05, 4.69) is 10.6 Å². The van der Waals surface area contributed by atoms with Gasteiger partial charge in [-0.1, -0.05) is 19.1 Å². The summed E-state index contributed by atoms with van der Waals surface area (Å²) in [6, 6.07) is 10.8. The highest BCUT2D eigenvalue weighted by Gasteiger charge is 2.32. The second-order valence-corrected chi connectivity index (χ2v) is 5.40. The molecule has 6 heteroatoms. The van der Waals surface area contributed by atoms with E-state index < -0.39 is 0 Å². The average molecular weight is 313 g/mol. The molecule has 0 fully saturated rings. The molecule has 1 aliphatic rings. The molecule has 2 N–H and O–H groups in total. The monoisotopic (exact) mass is 313 g/mol. The highest BCUT2D eigenvalue weighted by Crippen LogP contribution is 2.31. The van der Waals surface area contributed by atoms with Crippen molar-refractivity contribution in [2.45, 2.75) is 25.9 Å². The molecule has 1 aliphatic heterocycles. The third kappa shape index (κ3) is 3.21. The van der Waals surface area contributed by atoms with Crippen LogP contribution in [0.25, 0.3) is 0 Å². The molecule has 1 unspecified atom stereocenters. The van der Waals surface area contributed by atoms with Crippen molar-refractivity contribution in [2.75, 3.05) is 16.8 Å². The Morgan fingerprint density at radius 2 is 2.13 bits per heavy atom. The predicted molar refractivity (Wildman–Crippen MR) is 87.1 cm³/mol. The number of nitrogens with one attached hydrogen (secondary N) is 2. The fourth-order valence-corrected chi connectivity index (χ4v) is 2.63. The number of fused-ring (bicyclic) bond motifs is 1. The van der Waals surface area contributed by atoms with Crippen molar-refractivity contribution in [3.8, 4) is 0 Å². The van der Waals surface area contributed by atoms with Gasteiger partial charge in [-0.15, -0.1) is 0 Å². The lowest BCUT2D eigenvalue weighted by Crippen LogP contribution is -2.50. The lowest BCUT2D eigenvalue weighted by Gasteiger charge is -2.34. The zero-order valence-electron chi connectivity index (χ0n) is 12.9. The molecule has 2 aromatic rings. The molecule has 0 radical (unpaired) electrons. The summed E-state index contributed by atoms with van der Waals surface area (Å²) in [5.41, 5.74) is 1.60. The van der Waals surface area contributed by atoms with Crippen molar-refractivity contribution >= 4 is 23.2 Å². The summed E-state index contributed by atoms with van der Waals surface area (Å²) >= 11 is 0. The molecule has 1 aromatic heterocycles. The number of benzene rings is 1. The first kappa shape index (κ1) is 15.1. The minimum atomic E-state index is -0.303. The van der Waals surface area contributed by atoms with Gasteiger partial charge >= 0.3 is 0 Å². The maximum Gasteiger partial charge on any atom is 0.250 e.